The first kappa shape index (κ1) is 36.9. The Balaban J connectivity index is 2.62. The molecule has 9 nitrogen and oxygen atoms in total. The predicted octanol–water partition coefficient (Wildman–Crippen LogP) is 5.57. The van der Waals surface area contributed by atoms with Crippen molar-refractivity contribution in [3.8, 4) is 12.3 Å². The normalized spacial score (nSPS) is 13.5. The Bertz CT molecular complexity index is 1350. The average molecular weight is 620 g/mol. The van der Waals surface area contributed by atoms with E-state index < -0.39 is 53.2 Å². The highest BCUT2D eigenvalue weighted by Crippen LogP contribution is 2.27. The number of nitrogens with one attached hydrogen (secondary N) is 2. The Hall–Kier alpha value is -4.32. The number of ether oxygens (including phenoxy) is 2. The van der Waals surface area contributed by atoms with E-state index in [2.05, 4.69) is 16.6 Å². The number of carbonyl (C=O) groups excluding carboxylic acids is 4. The maximum atomic E-state index is 14.4. The van der Waals surface area contributed by atoms with E-state index in [0.717, 1.165) is 5.56 Å². The largest absolute Gasteiger partial charge is 0.458 e. The molecule has 0 heterocycles. The van der Waals surface area contributed by atoms with Gasteiger partial charge in [0.05, 0.1) is 0 Å². The van der Waals surface area contributed by atoms with Gasteiger partial charge in [-0.3, -0.25) is 9.59 Å². The van der Waals surface area contributed by atoms with Crippen molar-refractivity contribution in [3.05, 3.63) is 71.3 Å². The van der Waals surface area contributed by atoms with Crippen molar-refractivity contribution in [2.75, 3.05) is 6.54 Å². The molecule has 0 aliphatic heterocycles. The molecule has 2 aromatic rings. The van der Waals surface area contributed by atoms with Crippen LogP contribution in [0.5, 0.6) is 0 Å². The van der Waals surface area contributed by atoms with Crippen LogP contribution in [0.3, 0.4) is 0 Å². The summed E-state index contributed by atoms with van der Waals surface area (Å²) in [7, 11) is 0. The Morgan fingerprint density at radius 2 is 1.44 bits per heavy atom. The first-order chi connectivity index (χ1) is 21.0. The smallest absolute Gasteiger partial charge is 0.408 e. The zero-order valence-electron chi connectivity index (χ0n) is 28.1. The van der Waals surface area contributed by atoms with Crippen LogP contribution in [0.4, 0.5) is 4.79 Å². The summed E-state index contributed by atoms with van der Waals surface area (Å²) >= 11 is 0. The van der Waals surface area contributed by atoms with E-state index in [1.54, 1.807) is 79.7 Å². The van der Waals surface area contributed by atoms with Crippen LogP contribution >= 0.6 is 0 Å². The highest BCUT2D eigenvalue weighted by atomic mass is 16.6. The Labute approximate surface area is 268 Å². The van der Waals surface area contributed by atoms with Crippen molar-refractivity contribution >= 4 is 23.9 Å². The minimum atomic E-state index is -1.22. The summed E-state index contributed by atoms with van der Waals surface area (Å²) in [6.07, 6.45) is 5.79. The summed E-state index contributed by atoms with van der Waals surface area (Å²) in [6.45, 7) is 16.1. The molecule has 0 fully saturated rings. The van der Waals surface area contributed by atoms with Crippen molar-refractivity contribution in [2.45, 2.75) is 104 Å². The molecule has 2 aromatic carbocycles. The zero-order chi connectivity index (χ0) is 33.9. The van der Waals surface area contributed by atoms with Crippen LogP contribution in [0.25, 0.3) is 0 Å². The lowest BCUT2D eigenvalue weighted by Gasteiger charge is -2.36. The van der Waals surface area contributed by atoms with Crippen LogP contribution in [0, 0.1) is 18.3 Å². The number of benzene rings is 2. The van der Waals surface area contributed by atoms with Crippen molar-refractivity contribution in [2.24, 2.45) is 5.92 Å². The van der Waals surface area contributed by atoms with Crippen LogP contribution in [-0.2, 0) is 30.3 Å². The van der Waals surface area contributed by atoms with Gasteiger partial charge < -0.3 is 25.0 Å². The lowest BCUT2D eigenvalue weighted by molar-refractivity contribution is -0.159. The van der Waals surface area contributed by atoms with Gasteiger partial charge in [-0.05, 0) is 71.1 Å². The van der Waals surface area contributed by atoms with E-state index in [1.165, 1.54) is 4.90 Å². The van der Waals surface area contributed by atoms with E-state index in [4.69, 9.17) is 15.9 Å². The molecule has 0 aliphatic carbocycles. The molecule has 45 heavy (non-hydrogen) atoms. The second kappa shape index (κ2) is 16.1. The number of hydrogen-bond acceptors (Lipinski definition) is 6. The second-order valence-corrected chi connectivity index (χ2v) is 13.3. The Morgan fingerprint density at radius 1 is 0.867 bits per heavy atom. The maximum Gasteiger partial charge on any atom is 0.408 e. The molecule has 0 aliphatic rings. The van der Waals surface area contributed by atoms with E-state index in [-0.39, 0.29) is 18.9 Å². The molecule has 0 bridgehead atoms. The van der Waals surface area contributed by atoms with Gasteiger partial charge >= 0.3 is 12.1 Å². The molecule has 0 radical (unpaired) electrons. The van der Waals surface area contributed by atoms with Gasteiger partial charge in [-0.15, -0.1) is 6.42 Å². The average Bonchev–Trinajstić information content (AvgIpc) is 2.93. The third-order valence-corrected chi connectivity index (χ3v) is 6.61. The molecule has 9 heteroatoms. The standard InChI is InChI=1S/C36H49N3O6/c1-11-22-39(32(41)29(24(3)4)38-34(43)45-36(8,9)10)30(27-21-17-16-20-26(27)12-2)31(40)37-28(33(42)44-35(5,6)7)23-25-18-14-13-15-19-25/h2,13-21,24,28-30H,11,22-23H2,1,3-10H3,(H,37,40)(H,38,43). The van der Waals surface area contributed by atoms with E-state index in [9.17, 15) is 19.2 Å². The molecule has 0 saturated heterocycles. The SMILES string of the molecule is C#Cc1ccccc1C(C(=O)NC(Cc1ccccc1)C(=O)OC(C)(C)C)N(CCC)C(=O)C(NC(=O)OC(C)(C)C)C(C)C. The van der Waals surface area contributed by atoms with Gasteiger partial charge in [0.2, 0.25) is 11.8 Å². The molecule has 0 aromatic heterocycles. The molecule has 3 atom stereocenters. The lowest BCUT2D eigenvalue weighted by Crippen LogP contribution is -2.56. The van der Waals surface area contributed by atoms with E-state index in [0.29, 0.717) is 17.5 Å². The molecule has 2 N–H and O–H groups in total. The number of nitrogens with zero attached hydrogens (tertiary/aromatic N) is 1. The van der Waals surface area contributed by atoms with Crippen LogP contribution < -0.4 is 10.6 Å². The second-order valence-electron chi connectivity index (χ2n) is 13.3. The van der Waals surface area contributed by atoms with E-state index in [1.807, 2.05) is 37.3 Å². The van der Waals surface area contributed by atoms with Gasteiger partial charge in [0.15, 0.2) is 0 Å². The third-order valence-electron chi connectivity index (χ3n) is 6.61. The highest BCUT2D eigenvalue weighted by Gasteiger charge is 2.39. The molecule has 0 saturated carbocycles. The molecular formula is C36H49N3O6. The van der Waals surface area contributed by atoms with Crippen LogP contribution in [0.2, 0.25) is 0 Å². The Kier molecular flexibility index (Phi) is 13.2. The van der Waals surface area contributed by atoms with Gasteiger partial charge in [-0.2, -0.15) is 0 Å². The fourth-order valence-electron chi connectivity index (χ4n) is 4.72. The minimum Gasteiger partial charge on any atom is -0.458 e. The summed E-state index contributed by atoms with van der Waals surface area (Å²) in [5, 5.41) is 5.59. The molecule has 0 spiro atoms. The van der Waals surface area contributed by atoms with Crippen molar-refractivity contribution < 1.29 is 28.7 Å². The number of amides is 3. The highest BCUT2D eigenvalue weighted by molar-refractivity contribution is 5.94. The number of rotatable bonds is 12. The summed E-state index contributed by atoms with van der Waals surface area (Å²) in [4.78, 5) is 56.4. The fourth-order valence-corrected chi connectivity index (χ4v) is 4.72. The maximum absolute atomic E-state index is 14.4. The summed E-state index contributed by atoms with van der Waals surface area (Å²) in [6, 6.07) is 12.9. The number of carbonyl (C=O) groups is 4. The van der Waals surface area contributed by atoms with Gasteiger partial charge in [0.1, 0.15) is 29.3 Å². The van der Waals surface area contributed by atoms with Crippen molar-refractivity contribution in [3.63, 3.8) is 0 Å². The number of esters is 1. The van der Waals surface area contributed by atoms with Gasteiger partial charge in [-0.1, -0.05) is 75.2 Å². The summed E-state index contributed by atoms with van der Waals surface area (Å²) in [5.41, 5.74) is 0.0822. The van der Waals surface area contributed by atoms with E-state index >= 15 is 0 Å². The van der Waals surface area contributed by atoms with Gasteiger partial charge in [0, 0.05) is 18.5 Å². The molecular weight excluding hydrogens is 570 g/mol. The Morgan fingerprint density at radius 3 is 1.98 bits per heavy atom. The van der Waals surface area contributed by atoms with Crippen LogP contribution in [0.1, 0.15) is 91.5 Å². The van der Waals surface area contributed by atoms with Gasteiger partial charge in [-0.25, -0.2) is 9.59 Å². The van der Waals surface area contributed by atoms with Crippen LogP contribution in [0.15, 0.2) is 54.6 Å². The van der Waals surface area contributed by atoms with Gasteiger partial charge in [0.25, 0.3) is 0 Å². The lowest BCUT2D eigenvalue weighted by atomic mass is 9.95. The minimum absolute atomic E-state index is 0.168. The first-order valence-corrected chi connectivity index (χ1v) is 15.4. The topological polar surface area (TPSA) is 114 Å². The molecule has 2 rings (SSSR count). The fraction of sp³-hybridized carbons (Fsp3) is 0.500. The molecule has 244 valence electrons. The number of terminal acetylenes is 1. The summed E-state index contributed by atoms with van der Waals surface area (Å²) in [5.74, 6) is 0.583. The third kappa shape index (κ3) is 11.6. The van der Waals surface area contributed by atoms with Crippen LogP contribution in [-0.4, -0.2) is 58.6 Å². The quantitative estimate of drug-likeness (QED) is 0.237. The predicted molar refractivity (Wildman–Crippen MR) is 175 cm³/mol. The first-order valence-electron chi connectivity index (χ1n) is 15.4. The zero-order valence-corrected chi connectivity index (χ0v) is 28.1. The number of alkyl carbamates (subject to hydrolysis) is 1. The monoisotopic (exact) mass is 619 g/mol. The molecule has 3 amide bonds. The molecule has 3 unspecified atom stereocenters. The van der Waals surface area contributed by atoms with Crippen molar-refractivity contribution in [1.82, 2.24) is 15.5 Å². The summed E-state index contributed by atoms with van der Waals surface area (Å²) < 4.78 is 11.1. The van der Waals surface area contributed by atoms with Crippen molar-refractivity contribution in [1.29, 1.82) is 0 Å². The number of hydrogen-bond donors (Lipinski definition) is 2.